The maximum atomic E-state index is 13.9. The number of fused-ring (bicyclic) bond motifs is 2. The van der Waals surface area contributed by atoms with E-state index in [1.165, 1.54) is 29.8 Å². The van der Waals surface area contributed by atoms with Gasteiger partial charge in [0.15, 0.2) is 12.4 Å². The van der Waals surface area contributed by atoms with Crippen LogP contribution in [-0.4, -0.2) is 95.3 Å². The molecule has 0 spiro atoms. The lowest BCUT2D eigenvalue weighted by molar-refractivity contribution is -0.132. The SMILES string of the molecule is CC(C)C[C@H]1NC(=O)[C@@H](C)NC(=O)CN(S(=O)(=O)c2ccc3c(c2)NC(=O)CO3)CCCNC(=O)Cn2nc(-c3ccccc3)nc2[C@H](C)NC1=O. The highest BCUT2D eigenvalue weighted by molar-refractivity contribution is 7.89. The lowest BCUT2D eigenvalue weighted by atomic mass is 10.0. The first-order valence-electron chi connectivity index (χ1n) is 16.9. The summed E-state index contributed by atoms with van der Waals surface area (Å²) in [6.45, 7) is 5.63. The molecule has 5 amide bonds. The second kappa shape index (κ2) is 16.3. The molecule has 2 aliphatic heterocycles. The molecule has 3 atom stereocenters. The van der Waals surface area contributed by atoms with Gasteiger partial charge in [-0.2, -0.15) is 9.40 Å². The Bertz CT molecular complexity index is 1930. The molecule has 3 heterocycles. The second-order valence-corrected chi connectivity index (χ2v) is 15.0. The van der Waals surface area contributed by atoms with Gasteiger partial charge in [-0.3, -0.25) is 24.0 Å². The van der Waals surface area contributed by atoms with Crippen molar-refractivity contribution in [3.05, 3.63) is 54.4 Å². The third-order valence-corrected chi connectivity index (χ3v) is 10.2. The minimum atomic E-state index is -4.35. The van der Waals surface area contributed by atoms with E-state index in [0.717, 1.165) is 4.31 Å². The number of benzene rings is 2. The summed E-state index contributed by atoms with van der Waals surface area (Å²) in [7, 11) is -4.35. The largest absolute Gasteiger partial charge is 0.482 e. The average molecular weight is 738 g/mol. The summed E-state index contributed by atoms with van der Waals surface area (Å²) >= 11 is 0. The van der Waals surface area contributed by atoms with Gasteiger partial charge >= 0.3 is 0 Å². The number of sulfonamides is 1. The van der Waals surface area contributed by atoms with Crippen LogP contribution in [0.3, 0.4) is 0 Å². The zero-order valence-electron chi connectivity index (χ0n) is 29.3. The highest BCUT2D eigenvalue weighted by Crippen LogP contribution is 2.31. The molecule has 5 rings (SSSR count). The first-order chi connectivity index (χ1) is 24.7. The number of rotatable bonds is 5. The van der Waals surface area contributed by atoms with Crippen LogP contribution in [0.15, 0.2) is 53.4 Å². The Morgan fingerprint density at radius 2 is 1.63 bits per heavy atom. The summed E-state index contributed by atoms with van der Waals surface area (Å²) in [6.07, 6.45) is 0.384. The lowest BCUT2D eigenvalue weighted by Crippen LogP contribution is -2.54. The number of carbonyl (C=O) groups excluding carboxylic acids is 5. The van der Waals surface area contributed by atoms with Crippen LogP contribution in [0, 0.1) is 5.92 Å². The number of nitrogens with one attached hydrogen (secondary N) is 5. The summed E-state index contributed by atoms with van der Waals surface area (Å²) in [5.41, 5.74) is 0.862. The summed E-state index contributed by atoms with van der Waals surface area (Å²) < 4.78 is 35.5. The molecule has 0 saturated carbocycles. The predicted octanol–water partition coefficient (Wildman–Crippen LogP) is 0.700. The fourth-order valence-electron chi connectivity index (χ4n) is 5.72. The van der Waals surface area contributed by atoms with Crippen LogP contribution in [0.25, 0.3) is 11.4 Å². The zero-order valence-corrected chi connectivity index (χ0v) is 30.2. The van der Waals surface area contributed by atoms with Crippen molar-refractivity contribution in [2.75, 3.05) is 31.6 Å². The quantitative estimate of drug-likeness (QED) is 0.247. The van der Waals surface area contributed by atoms with Crippen molar-refractivity contribution in [2.45, 2.75) is 70.1 Å². The van der Waals surface area contributed by atoms with E-state index < -0.39 is 64.2 Å². The smallest absolute Gasteiger partial charge is 0.262 e. The van der Waals surface area contributed by atoms with E-state index in [4.69, 9.17) is 4.74 Å². The summed E-state index contributed by atoms with van der Waals surface area (Å²) in [5, 5.41) is 18.0. The molecule has 1 aromatic heterocycles. The molecule has 2 aliphatic rings. The Morgan fingerprint density at radius 1 is 0.885 bits per heavy atom. The van der Waals surface area contributed by atoms with Crippen LogP contribution < -0.4 is 31.3 Å². The van der Waals surface area contributed by atoms with E-state index in [0.29, 0.717) is 23.0 Å². The Labute approximate surface area is 301 Å². The Kier molecular flexibility index (Phi) is 11.9. The molecule has 0 unspecified atom stereocenters. The number of amides is 5. The van der Waals surface area contributed by atoms with Gasteiger partial charge in [-0.1, -0.05) is 44.2 Å². The van der Waals surface area contributed by atoms with Crippen LogP contribution in [0.4, 0.5) is 5.69 Å². The average Bonchev–Trinajstić information content (AvgIpc) is 3.52. The maximum Gasteiger partial charge on any atom is 0.262 e. The van der Waals surface area contributed by atoms with Gasteiger partial charge in [-0.05, 0) is 50.8 Å². The van der Waals surface area contributed by atoms with Crippen molar-refractivity contribution in [3.63, 3.8) is 0 Å². The Morgan fingerprint density at radius 3 is 2.37 bits per heavy atom. The molecule has 17 nitrogen and oxygen atoms in total. The van der Waals surface area contributed by atoms with E-state index in [2.05, 4.69) is 36.7 Å². The normalized spacial score (nSPS) is 21.5. The van der Waals surface area contributed by atoms with Gasteiger partial charge in [-0.25, -0.2) is 18.1 Å². The first-order valence-corrected chi connectivity index (χ1v) is 18.4. The summed E-state index contributed by atoms with van der Waals surface area (Å²) in [4.78, 5) is 69.7. The fraction of sp³-hybridized carbons (Fsp3) is 0.441. The van der Waals surface area contributed by atoms with Crippen molar-refractivity contribution >= 4 is 45.2 Å². The monoisotopic (exact) mass is 737 g/mol. The molecule has 52 heavy (non-hydrogen) atoms. The third-order valence-electron chi connectivity index (χ3n) is 8.33. The minimum Gasteiger partial charge on any atom is -0.482 e. The molecule has 3 aromatic rings. The molecule has 278 valence electrons. The Balaban J connectivity index is 1.44. The van der Waals surface area contributed by atoms with E-state index in [1.807, 2.05) is 44.2 Å². The topological polar surface area (TPSA) is 223 Å². The number of hydrogen-bond acceptors (Lipinski definition) is 10. The number of carbonyl (C=O) groups is 5. The van der Waals surface area contributed by atoms with Crippen molar-refractivity contribution in [3.8, 4) is 17.1 Å². The molecule has 2 aromatic carbocycles. The lowest BCUT2D eigenvalue weighted by Gasteiger charge is -2.25. The van der Waals surface area contributed by atoms with Crippen LogP contribution in [-0.2, 0) is 40.5 Å². The maximum absolute atomic E-state index is 13.9. The molecule has 0 radical (unpaired) electrons. The first kappa shape index (κ1) is 37.9. The number of ether oxygens (including phenoxy) is 1. The molecule has 5 N–H and O–H groups in total. The van der Waals surface area contributed by atoms with Crippen LogP contribution >= 0.6 is 0 Å². The van der Waals surface area contributed by atoms with Crippen molar-refractivity contribution in [1.29, 1.82) is 0 Å². The zero-order chi connectivity index (χ0) is 37.6. The molecular formula is C34H43N9O8S. The van der Waals surface area contributed by atoms with Crippen LogP contribution in [0.5, 0.6) is 5.75 Å². The van der Waals surface area contributed by atoms with Gasteiger partial charge in [-0.15, -0.1) is 0 Å². The highest BCUT2D eigenvalue weighted by atomic mass is 32.2. The van der Waals surface area contributed by atoms with E-state index >= 15 is 0 Å². The van der Waals surface area contributed by atoms with Gasteiger partial charge in [0.1, 0.15) is 30.2 Å². The molecule has 0 bridgehead atoms. The van der Waals surface area contributed by atoms with Crippen LogP contribution in [0.1, 0.15) is 52.4 Å². The second-order valence-electron chi connectivity index (χ2n) is 13.1. The molecule has 0 saturated heterocycles. The highest BCUT2D eigenvalue weighted by Gasteiger charge is 2.31. The third kappa shape index (κ3) is 9.29. The van der Waals surface area contributed by atoms with Gasteiger partial charge in [0.05, 0.1) is 23.2 Å². The van der Waals surface area contributed by atoms with Crippen molar-refractivity contribution < 1.29 is 37.1 Å². The fourth-order valence-corrected chi connectivity index (χ4v) is 7.18. The minimum absolute atomic E-state index is 0.00265. The number of anilines is 1. The predicted molar refractivity (Wildman–Crippen MR) is 188 cm³/mol. The number of nitrogens with zero attached hydrogens (tertiary/aromatic N) is 4. The van der Waals surface area contributed by atoms with Gasteiger partial charge < -0.3 is 31.3 Å². The van der Waals surface area contributed by atoms with Gasteiger partial charge in [0.2, 0.25) is 33.7 Å². The van der Waals surface area contributed by atoms with E-state index in [1.54, 1.807) is 6.92 Å². The number of aromatic nitrogens is 3. The Hall–Kier alpha value is -5.36. The van der Waals surface area contributed by atoms with Crippen molar-refractivity contribution in [2.24, 2.45) is 5.92 Å². The summed E-state index contributed by atoms with van der Waals surface area (Å²) in [6, 6.07) is 10.2. The summed E-state index contributed by atoms with van der Waals surface area (Å²) in [5.74, 6) is -1.88. The van der Waals surface area contributed by atoms with Crippen LogP contribution in [0.2, 0.25) is 0 Å². The number of hydrogen-bond donors (Lipinski definition) is 5. The van der Waals surface area contributed by atoms with E-state index in [9.17, 15) is 32.4 Å². The molecule has 0 fully saturated rings. The van der Waals surface area contributed by atoms with Crippen molar-refractivity contribution in [1.82, 2.24) is 40.3 Å². The van der Waals surface area contributed by atoms with Gasteiger partial charge in [0, 0.05) is 18.7 Å². The standard InChI is InChI=1S/C34H43N9O8S/c1-20(2)15-26-34(48)37-21(3)32-40-31(23-9-6-5-7-10-23)41-43(32)18-28(44)35-13-8-14-42(17-29(45)36-22(4)33(47)39-26)52(49,50)24-11-12-27-25(16-24)38-30(46)19-51-27/h5-7,9-12,16,20-22,26H,8,13-15,17-19H2,1-4H3,(H,35,44)(H,36,45)(H,37,48)(H,38,46)(H,39,47)/t21-,22+,26+/m0/s1. The van der Waals surface area contributed by atoms with Gasteiger partial charge in [0.25, 0.3) is 5.91 Å². The van der Waals surface area contributed by atoms with E-state index in [-0.39, 0.29) is 55.6 Å². The molecule has 0 aliphatic carbocycles. The molecule has 18 heteroatoms. The molecular weight excluding hydrogens is 694 g/mol.